The molecule has 1 N–H and O–H groups in total. The van der Waals surface area contributed by atoms with Crippen molar-refractivity contribution in [1.29, 1.82) is 0 Å². The Labute approximate surface area is 120 Å². The third-order valence-corrected chi connectivity index (χ3v) is 5.04. The second-order valence-corrected chi connectivity index (χ2v) is 7.53. The van der Waals surface area contributed by atoms with Crippen molar-refractivity contribution >= 4 is 17.4 Å². The number of hydrogen-bond acceptors (Lipinski definition) is 3. The minimum absolute atomic E-state index is 0.0214. The fourth-order valence-electron chi connectivity index (χ4n) is 4.17. The van der Waals surface area contributed by atoms with E-state index in [2.05, 4.69) is 24.4 Å². The Morgan fingerprint density at radius 1 is 1.20 bits per heavy atom. The molecule has 3 rings (SSSR count). The van der Waals surface area contributed by atoms with Crippen molar-refractivity contribution in [3.63, 3.8) is 0 Å². The van der Waals surface area contributed by atoms with E-state index in [-0.39, 0.29) is 23.0 Å². The standard InChI is InChI=1S/C16H24N2O2/c1-16(2)8-10(7-11(19)9-16)17-18-15(20)14-12-5-3-4-6-13(12)14/h12-14H,3-9H2,1-2H3,(H,18,20)/b17-10-/t12-,13-/m0/s1. The molecular formula is C16H24N2O2. The van der Waals surface area contributed by atoms with Gasteiger partial charge in [-0.15, -0.1) is 0 Å². The lowest BCUT2D eigenvalue weighted by molar-refractivity contribution is -0.123. The van der Waals surface area contributed by atoms with E-state index in [1.54, 1.807) is 0 Å². The van der Waals surface area contributed by atoms with Crippen LogP contribution in [0.3, 0.4) is 0 Å². The Bertz CT molecular complexity index is 455. The van der Waals surface area contributed by atoms with Gasteiger partial charge in [0.25, 0.3) is 0 Å². The van der Waals surface area contributed by atoms with Crippen molar-refractivity contribution in [3.8, 4) is 0 Å². The molecule has 3 saturated carbocycles. The number of carbonyl (C=O) groups is 2. The minimum Gasteiger partial charge on any atom is -0.299 e. The molecule has 0 spiro atoms. The van der Waals surface area contributed by atoms with E-state index in [1.165, 1.54) is 25.7 Å². The van der Waals surface area contributed by atoms with Gasteiger partial charge >= 0.3 is 0 Å². The second-order valence-electron chi connectivity index (χ2n) is 7.53. The van der Waals surface area contributed by atoms with E-state index in [0.717, 1.165) is 12.1 Å². The summed E-state index contributed by atoms with van der Waals surface area (Å²) in [6.07, 6.45) is 6.75. The zero-order valence-electron chi connectivity index (χ0n) is 12.4. The number of rotatable bonds is 2. The van der Waals surface area contributed by atoms with Crippen LogP contribution >= 0.6 is 0 Å². The molecule has 0 radical (unpaired) electrons. The molecule has 0 bridgehead atoms. The third-order valence-electron chi connectivity index (χ3n) is 5.04. The predicted octanol–water partition coefficient (Wildman–Crippen LogP) is 2.67. The number of amides is 1. The van der Waals surface area contributed by atoms with Crippen LogP contribution in [0, 0.1) is 23.2 Å². The fraction of sp³-hybridized carbons (Fsp3) is 0.812. The lowest BCUT2D eigenvalue weighted by atomic mass is 9.76. The van der Waals surface area contributed by atoms with Gasteiger partial charge in [0.1, 0.15) is 5.78 Å². The van der Waals surface area contributed by atoms with Gasteiger partial charge in [0.2, 0.25) is 5.91 Å². The molecule has 0 heterocycles. The average Bonchev–Trinajstić information content (AvgIpc) is 3.08. The first-order valence-electron chi connectivity index (χ1n) is 7.83. The quantitative estimate of drug-likeness (QED) is 0.788. The molecule has 0 aromatic carbocycles. The van der Waals surface area contributed by atoms with Crippen LogP contribution in [0.1, 0.15) is 58.8 Å². The molecule has 0 aromatic rings. The summed E-state index contributed by atoms with van der Waals surface area (Å²) in [4.78, 5) is 23.8. The molecule has 0 aliphatic heterocycles. The van der Waals surface area contributed by atoms with Gasteiger partial charge in [0.15, 0.2) is 0 Å². The van der Waals surface area contributed by atoms with Crippen LogP contribution < -0.4 is 5.43 Å². The van der Waals surface area contributed by atoms with Crippen LogP contribution in [0.4, 0.5) is 0 Å². The zero-order chi connectivity index (χ0) is 14.3. The number of nitrogens with zero attached hydrogens (tertiary/aromatic N) is 1. The van der Waals surface area contributed by atoms with E-state index in [1.807, 2.05) is 0 Å². The van der Waals surface area contributed by atoms with Crippen molar-refractivity contribution < 1.29 is 9.59 Å². The van der Waals surface area contributed by atoms with Gasteiger partial charge in [-0.1, -0.05) is 26.7 Å². The number of hydrazone groups is 1. The largest absolute Gasteiger partial charge is 0.299 e. The van der Waals surface area contributed by atoms with Gasteiger partial charge < -0.3 is 0 Å². The van der Waals surface area contributed by atoms with Crippen molar-refractivity contribution in [2.75, 3.05) is 0 Å². The van der Waals surface area contributed by atoms with Gasteiger partial charge in [-0.25, -0.2) is 5.43 Å². The number of Topliss-reactive ketones (excluding diaryl/α,β-unsaturated/α-hetero) is 1. The van der Waals surface area contributed by atoms with Gasteiger partial charge in [-0.05, 0) is 36.5 Å². The van der Waals surface area contributed by atoms with Crippen molar-refractivity contribution in [2.45, 2.75) is 58.8 Å². The number of ketones is 1. The highest BCUT2D eigenvalue weighted by Gasteiger charge is 2.54. The Balaban J connectivity index is 1.57. The molecule has 3 fully saturated rings. The van der Waals surface area contributed by atoms with Crippen LogP contribution in [0.25, 0.3) is 0 Å². The highest BCUT2D eigenvalue weighted by atomic mass is 16.2. The average molecular weight is 276 g/mol. The lowest BCUT2D eigenvalue weighted by Gasteiger charge is -2.29. The smallest absolute Gasteiger partial charge is 0.243 e. The van der Waals surface area contributed by atoms with Crippen LogP contribution in [0.15, 0.2) is 5.10 Å². The molecule has 3 aliphatic carbocycles. The SMILES string of the molecule is CC1(C)CC(=O)C/C(=N/NC(=O)C2[C@H]3CCCC[C@H]23)C1. The number of fused-ring (bicyclic) bond motifs is 1. The summed E-state index contributed by atoms with van der Waals surface area (Å²) in [6.45, 7) is 4.16. The number of hydrogen-bond donors (Lipinski definition) is 1. The summed E-state index contributed by atoms with van der Waals surface area (Å²) >= 11 is 0. The highest BCUT2D eigenvalue weighted by molar-refractivity contribution is 6.05. The topological polar surface area (TPSA) is 58.5 Å². The summed E-state index contributed by atoms with van der Waals surface area (Å²) in [6, 6.07) is 0. The maximum absolute atomic E-state index is 12.2. The summed E-state index contributed by atoms with van der Waals surface area (Å²) in [5.74, 6) is 1.70. The Hall–Kier alpha value is -1.19. The number of carbonyl (C=O) groups excluding carboxylic acids is 2. The molecule has 4 nitrogen and oxygen atoms in total. The van der Waals surface area contributed by atoms with Crippen LogP contribution in [-0.4, -0.2) is 17.4 Å². The van der Waals surface area contributed by atoms with Crippen LogP contribution in [0.5, 0.6) is 0 Å². The Morgan fingerprint density at radius 2 is 1.85 bits per heavy atom. The predicted molar refractivity (Wildman–Crippen MR) is 77.2 cm³/mol. The molecule has 0 saturated heterocycles. The van der Waals surface area contributed by atoms with E-state index in [0.29, 0.717) is 24.7 Å². The van der Waals surface area contributed by atoms with Crippen LogP contribution in [0.2, 0.25) is 0 Å². The maximum Gasteiger partial charge on any atom is 0.243 e. The minimum atomic E-state index is -0.0214. The van der Waals surface area contributed by atoms with Gasteiger partial charge in [-0.3, -0.25) is 9.59 Å². The van der Waals surface area contributed by atoms with Gasteiger partial charge in [0.05, 0.1) is 0 Å². The van der Waals surface area contributed by atoms with Crippen molar-refractivity contribution in [2.24, 2.45) is 28.3 Å². The molecule has 0 aromatic heterocycles. The second kappa shape index (κ2) is 4.97. The summed E-state index contributed by atoms with van der Waals surface area (Å²) in [5.41, 5.74) is 3.54. The molecule has 0 unspecified atom stereocenters. The maximum atomic E-state index is 12.2. The first-order chi connectivity index (χ1) is 9.46. The molecule has 110 valence electrons. The number of nitrogens with one attached hydrogen (secondary N) is 1. The monoisotopic (exact) mass is 276 g/mol. The Morgan fingerprint density at radius 3 is 2.45 bits per heavy atom. The summed E-state index contributed by atoms with van der Waals surface area (Å²) in [7, 11) is 0. The molecule has 4 heteroatoms. The molecule has 20 heavy (non-hydrogen) atoms. The highest BCUT2D eigenvalue weighted by Crippen LogP contribution is 2.55. The van der Waals surface area contributed by atoms with Crippen LogP contribution in [-0.2, 0) is 9.59 Å². The van der Waals surface area contributed by atoms with E-state index in [9.17, 15) is 9.59 Å². The van der Waals surface area contributed by atoms with E-state index < -0.39 is 0 Å². The summed E-state index contributed by atoms with van der Waals surface area (Å²) in [5, 5.41) is 4.24. The van der Waals surface area contributed by atoms with Crippen molar-refractivity contribution in [3.05, 3.63) is 0 Å². The van der Waals surface area contributed by atoms with Gasteiger partial charge in [-0.2, -0.15) is 5.10 Å². The Kier molecular flexibility index (Phi) is 3.43. The third kappa shape index (κ3) is 2.79. The zero-order valence-corrected chi connectivity index (χ0v) is 12.4. The lowest BCUT2D eigenvalue weighted by Crippen LogP contribution is -2.31. The molecule has 3 aliphatic rings. The van der Waals surface area contributed by atoms with E-state index in [4.69, 9.17) is 0 Å². The van der Waals surface area contributed by atoms with Crippen molar-refractivity contribution in [1.82, 2.24) is 5.43 Å². The van der Waals surface area contributed by atoms with Gasteiger partial charge in [0, 0.05) is 24.5 Å². The normalized spacial score (nSPS) is 37.4. The molecule has 2 atom stereocenters. The molecular weight excluding hydrogens is 252 g/mol. The van der Waals surface area contributed by atoms with E-state index >= 15 is 0 Å². The molecule has 1 amide bonds. The first kappa shape index (κ1) is 13.8. The fourth-order valence-corrected chi connectivity index (χ4v) is 4.17. The first-order valence-corrected chi connectivity index (χ1v) is 7.83. The summed E-state index contributed by atoms with van der Waals surface area (Å²) < 4.78 is 0.